The smallest absolute Gasteiger partial charge is 0.381 e. The molecule has 2 aliphatic rings. The standard InChI is InChI=1S/C17H21F3N4O3/c1-10(11-2-4-12(5-3-11)17(18,19)20)21-14-22-15(25)24(16(26)23-14)13-6-8-27-9-7-13/h2-5,10,13-14,21H,6-9H2,1H3,(H,22,25)(H,23,26). The summed E-state index contributed by atoms with van der Waals surface area (Å²) in [5.74, 6) is 0. The van der Waals surface area contributed by atoms with E-state index >= 15 is 0 Å². The average molecular weight is 386 g/mol. The van der Waals surface area contributed by atoms with Crippen molar-refractivity contribution in [2.24, 2.45) is 0 Å². The summed E-state index contributed by atoms with van der Waals surface area (Å²) in [7, 11) is 0. The number of urea groups is 2. The fraction of sp³-hybridized carbons (Fsp3) is 0.529. The van der Waals surface area contributed by atoms with Crippen molar-refractivity contribution in [2.75, 3.05) is 13.2 Å². The number of carbonyl (C=O) groups excluding carboxylic acids is 2. The summed E-state index contributed by atoms with van der Waals surface area (Å²) in [6.07, 6.45) is -4.05. The van der Waals surface area contributed by atoms with Crippen LogP contribution in [0.15, 0.2) is 24.3 Å². The van der Waals surface area contributed by atoms with Crippen LogP contribution in [0.3, 0.4) is 0 Å². The normalized spacial score (nSPS) is 21.0. The Hall–Kier alpha value is -2.33. The van der Waals surface area contributed by atoms with E-state index in [-0.39, 0.29) is 6.04 Å². The van der Waals surface area contributed by atoms with Crippen LogP contribution in [0.2, 0.25) is 0 Å². The minimum absolute atomic E-state index is 0.216. The zero-order chi connectivity index (χ0) is 19.6. The molecule has 0 bridgehead atoms. The summed E-state index contributed by atoms with van der Waals surface area (Å²) < 4.78 is 43.2. The number of carbonyl (C=O) groups is 2. The minimum atomic E-state index is -4.39. The molecule has 0 aliphatic carbocycles. The van der Waals surface area contributed by atoms with Gasteiger partial charge in [-0.25, -0.2) is 14.5 Å². The summed E-state index contributed by atoms with van der Waals surface area (Å²) in [6.45, 7) is 2.72. The van der Waals surface area contributed by atoms with Gasteiger partial charge in [0, 0.05) is 25.3 Å². The van der Waals surface area contributed by atoms with E-state index in [1.54, 1.807) is 6.92 Å². The van der Waals surface area contributed by atoms with Crippen LogP contribution in [-0.4, -0.2) is 42.5 Å². The van der Waals surface area contributed by atoms with Crippen LogP contribution in [0.5, 0.6) is 0 Å². The number of rotatable bonds is 4. The Kier molecular flexibility index (Phi) is 5.56. The maximum Gasteiger partial charge on any atom is 0.416 e. The van der Waals surface area contributed by atoms with E-state index in [0.717, 1.165) is 17.0 Å². The second-order valence-corrected chi connectivity index (χ2v) is 6.55. The first-order valence-electron chi connectivity index (χ1n) is 8.67. The van der Waals surface area contributed by atoms with Crippen molar-refractivity contribution in [3.63, 3.8) is 0 Å². The maximum atomic E-state index is 12.6. The molecule has 3 rings (SSSR count). The Balaban J connectivity index is 1.60. The van der Waals surface area contributed by atoms with Crippen LogP contribution >= 0.6 is 0 Å². The molecular weight excluding hydrogens is 365 g/mol. The zero-order valence-corrected chi connectivity index (χ0v) is 14.7. The van der Waals surface area contributed by atoms with Gasteiger partial charge in [0.1, 0.15) is 0 Å². The lowest BCUT2D eigenvalue weighted by atomic mass is 10.1. The van der Waals surface area contributed by atoms with Crippen molar-refractivity contribution < 1.29 is 27.5 Å². The monoisotopic (exact) mass is 386 g/mol. The van der Waals surface area contributed by atoms with E-state index < -0.39 is 36.1 Å². The molecule has 2 heterocycles. The quantitative estimate of drug-likeness (QED) is 0.743. The molecule has 1 aromatic rings. The Morgan fingerprint density at radius 1 is 1.11 bits per heavy atom. The maximum absolute atomic E-state index is 12.6. The van der Waals surface area contributed by atoms with Gasteiger partial charge in [-0.1, -0.05) is 12.1 Å². The Labute approximate surface area is 154 Å². The second kappa shape index (κ2) is 7.73. The summed E-state index contributed by atoms with van der Waals surface area (Å²) in [5.41, 5.74) is -0.136. The van der Waals surface area contributed by atoms with Crippen molar-refractivity contribution in [1.29, 1.82) is 0 Å². The van der Waals surface area contributed by atoms with Crippen molar-refractivity contribution >= 4 is 12.1 Å². The number of nitrogens with one attached hydrogen (secondary N) is 3. The molecule has 148 valence electrons. The lowest BCUT2D eigenvalue weighted by Crippen LogP contribution is -2.70. The highest BCUT2D eigenvalue weighted by atomic mass is 19.4. The van der Waals surface area contributed by atoms with Gasteiger partial charge in [0.15, 0.2) is 6.29 Å². The van der Waals surface area contributed by atoms with E-state index in [2.05, 4.69) is 16.0 Å². The third-order valence-electron chi connectivity index (χ3n) is 4.68. The molecule has 0 saturated carbocycles. The molecule has 2 saturated heterocycles. The van der Waals surface area contributed by atoms with E-state index in [9.17, 15) is 22.8 Å². The number of amides is 4. The van der Waals surface area contributed by atoms with Gasteiger partial charge in [-0.15, -0.1) is 0 Å². The predicted molar refractivity (Wildman–Crippen MR) is 89.5 cm³/mol. The van der Waals surface area contributed by atoms with Gasteiger partial charge in [-0.2, -0.15) is 13.2 Å². The molecule has 1 atom stereocenters. The summed E-state index contributed by atoms with van der Waals surface area (Å²) in [4.78, 5) is 25.8. The van der Waals surface area contributed by atoms with Crippen LogP contribution in [0.4, 0.5) is 22.8 Å². The van der Waals surface area contributed by atoms with E-state index in [0.29, 0.717) is 31.6 Å². The third kappa shape index (κ3) is 4.51. The first-order valence-corrected chi connectivity index (χ1v) is 8.67. The first kappa shape index (κ1) is 19.4. The van der Waals surface area contributed by atoms with Gasteiger partial charge in [-0.3, -0.25) is 5.32 Å². The highest BCUT2D eigenvalue weighted by Gasteiger charge is 2.37. The van der Waals surface area contributed by atoms with Gasteiger partial charge in [-0.05, 0) is 37.5 Å². The van der Waals surface area contributed by atoms with Gasteiger partial charge in [0.2, 0.25) is 0 Å². The summed E-state index contributed by atoms with van der Waals surface area (Å²) >= 11 is 0. The topological polar surface area (TPSA) is 82.7 Å². The van der Waals surface area contributed by atoms with Gasteiger partial charge >= 0.3 is 18.2 Å². The average Bonchev–Trinajstić information content (AvgIpc) is 2.61. The molecule has 27 heavy (non-hydrogen) atoms. The molecule has 3 N–H and O–H groups in total. The minimum Gasteiger partial charge on any atom is -0.381 e. The summed E-state index contributed by atoms with van der Waals surface area (Å²) in [5, 5.41) is 8.29. The predicted octanol–water partition coefficient (Wildman–Crippen LogP) is 2.55. The van der Waals surface area contributed by atoms with Crippen LogP contribution < -0.4 is 16.0 Å². The van der Waals surface area contributed by atoms with Crippen molar-refractivity contribution in [2.45, 2.75) is 44.3 Å². The number of ether oxygens (including phenoxy) is 1. The van der Waals surface area contributed by atoms with Gasteiger partial charge < -0.3 is 15.4 Å². The number of nitrogens with zero attached hydrogens (tertiary/aromatic N) is 1. The molecule has 0 spiro atoms. The van der Waals surface area contributed by atoms with Gasteiger partial charge in [0.25, 0.3) is 0 Å². The number of alkyl halides is 3. The van der Waals surface area contributed by atoms with Crippen LogP contribution in [0.25, 0.3) is 0 Å². The largest absolute Gasteiger partial charge is 0.416 e. The van der Waals surface area contributed by atoms with E-state index in [1.807, 2.05) is 0 Å². The van der Waals surface area contributed by atoms with Crippen LogP contribution in [0.1, 0.15) is 36.9 Å². The van der Waals surface area contributed by atoms with Gasteiger partial charge in [0.05, 0.1) is 5.56 Å². The lowest BCUT2D eigenvalue weighted by molar-refractivity contribution is -0.137. The molecule has 1 aromatic carbocycles. The highest BCUT2D eigenvalue weighted by Crippen LogP contribution is 2.30. The molecule has 1 unspecified atom stereocenters. The Morgan fingerprint density at radius 3 is 2.19 bits per heavy atom. The van der Waals surface area contributed by atoms with E-state index in [4.69, 9.17) is 4.74 Å². The zero-order valence-electron chi connectivity index (χ0n) is 14.7. The molecule has 0 radical (unpaired) electrons. The molecule has 4 amide bonds. The third-order valence-corrected chi connectivity index (χ3v) is 4.68. The number of hydrogen-bond acceptors (Lipinski definition) is 4. The SMILES string of the molecule is CC(NC1NC(=O)N(C2CCOCC2)C(=O)N1)c1ccc(C(F)(F)F)cc1. The van der Waals surface area contributed by atoms with Crippen molar-refractivity contribution in [3.05, 3.63) is 35.4 Å². The highest BCUT2D eigenvalue weighted by molar-refractivity contribution is 5.96. The van der Waals surface area contributed by atoms with E-state index in [1.165, 1.54) is 12.1 Å². The number of halogens is 3. The number of benzene rings is 1. The molecule has 10 heteroatoms. The number of hydrogen-bond donors (Lipinski definition) is 3. The Morgan fingerprint density at radius 2 is 1.67 bits per heavy atom. The fourth-order valence-corrected chi connectivity index (χ4v) is 3.18. The van der Waals surface area contributed by atoms with Crippen molar-refractivity contribution in [1.82, 2.24) is 20.9 Å². The Bertz CT molecular complexity index is 672. The first-order chi connectivity index (χ1) is 12.8. The van der Waals surface area contributed by atoms with Crippen LogP contribution in [0, 0.1) is 0 Å². The second-order valence-electron chi connectivity index (χ2n) is 6.55. The van der Waals surface area contributed by atoms with Crippen LogP contribution in [-0.2, 0) is 10.9 Å². The summed E-state index contributed by atoms with van der Waals surface area (Å²) in [6, 6.07) is 3.09. The molecule has 7 nitrogen and oxygen atoms in total. The number of imide groups is 1. The van der Waals surface area contributed by atoms with Crippen molar-refractivity contribution in [3.8, 4) is 0 Å². The molecular formula is C17H21F3N4O3. The lowest BCUT2D eigenvalue weighted by Gasteiger charge is -2.39. The fourth-order valence-electron chi connectivity index (χ4n) is 3.18. The molecule has 2 aliphatic heterocycles. The molecule has 0 aromatic heterocycles. The molecule has 2 fully saturated rings.